The molecule has 1 aromatic carbocycles. The standard InChI is InChI=1S/C10H10N4O5/c11-10-12-7-4(15)1-3(2-5(16)14-19)8(17)6(7)9(18)13-10/h1,15,17,19H,2H2,(H,14,16)(H3,11,12,13,18). The Morgan fingerprint density at radius 3 is 2.79 bits per heavy atom. The Morgan fingerprint density at radius 1 is 1.47 bits per heavy atom. The second-order valence-electron chi connectivity index (χ2n) is 3.79. The van der Waals surface area contributed by atoms with Gasteiger partial charge in [0, 0.05) is 5.56 Å². The van der Waals surface area contributed by atoms with E-state index in [9.17, 15) is 19.8 Å². The zero-order valence-electron chi connectivity index (χ0n) is 9.47. The number of aromatic hydroxyl groups is 2. The first kappa shape index (κ1) is 12.6. The quantitative estimate of drug-likeness (QED) is 0.230. The monoisotopic (exact) mass is 266 g/mol. The van der Waals surface area contributed by atoms with Crippen molar-refractivity contribution in [2.24, 2.45) is 0 Å². The molecule has 0 atom stereocenters. The molecule has 9 nitrogen and oxygen atoms in total. The summed E-state index contributed by atoms with van der Waals surface area (Å²) in [6.07, 6.45) is -0.421. The van der Waals surface area contributed by atoms with Gasteiger partial charge in [-0.3, -0.25) is 19.8 Å². The lowest BCUT2D eigenvalue weighted by Crippen LogP contribution is -2.21. The average molecular weight is 266 g/mol. The summed E-state index contributed by atoms with van der Waals surface area (Å²) in [4.78, 5) is 28.6. The normalized spacial score (nSPS) is 10.6. The molecular formula is C10H10N4O5. The maximum Gasteiger partial charge on any atom is 0.264 e. The molecule has 0 bridgehead atoms. The largest absolute Gasteiger partial charge is 0.507 e. The van der Waals surface area contributed by atoms with E-state index in [2.05, 4.69) is 9.97 Å². The molecule has 0 saturated heterocycles. The van der Waals surface area contributed by atoms with Crippen LogP contribution < -0.4 is 16.8 Å². The average Bonchev–Trinajstić information content (AvgIpc) is 2.34. The fourth-order valence-corrected chi connectivity index (χ4v) is 1.71. The number of nitrogens with one attached hydrogen (secondary N) is 2. The number of aromatic amines is 1. The van der Waals surface area contributed by atoms with Gasteiger partial charge >= 0.3 is 0 Å². The van der Waals surface area contributed by atoms with Crippen LogP contribution in [0.4, 0.5) is 5.95 Å². The molecule has 0 fully saturated rings. The number of carbonyl (C=O) groups excluding carboxylic acids is 1. The lowest BCUT2D eigenvalue weighted by atomic mass is 10.1. The number of phenols is 2. The minimum Gasteiger partial charge on any atom is -0.507 e. The molecule has 19 heavy (non-hydrogen) atoms. The Balaban J connectivity index is 2.75. The number of anilines is 1. The molecule has 0 aliphatic rings. The highest BCUT2D eigenvalue weighted by Gasteiger charge is 2.17. The predicted octanol–water partition coefficient (Wildman–Crippen LogP) is -1.04. The van der Waals surface area contributed by atoms with Crippen LogP contribution >= 0.6 is 0 Å². The number of phenolic OH excluding ortho intramolecular Hbond substituents is 2. The maximum atomic E-state index is 11.7. The zero-order valence-corrected chi connectivity index (χ0v) is 9.47. The third kappa shape index (κ3) is 2.13. The van der Waals surface area contributed by atoms with Crippen LogP contribution in [0.15, 0.2) is 10.9 Å². The number of nitrogen functional groups attached to an aromatic ring is 1. The summed E-state index contributed by atoms with van der Waals surface area (Å²) < 4.78 is 0. The van der Waals surface area contributed by atoms with Gasteiger partial charge in [0.25, 0.3) is 5.56 Å². The fourth-order valence-electron chi connectivity index (χ4n) is 1.71. The number of rotatable bonds is 2. The van der Waals surface area contributed by atoms with Gasteiger partial charge in [-0.25, -0.2) is 10.5 Å². The van der Waals surface area contributed by atoms with Crippen molar-refractivity contribution in [3.8, 4) is 11.5 Å². The molecule has 0 aliphatic carbocycles. The van der Waals surface area contributed by atoms with Gasteiger partial charge in [0.1, 0.15) is 22.4 Å². The Morgan fingerprint density at radius 2 is 2.16 bits per heavy atom. The first-order valence-electron chi connectivity index (χ1n) is 5.10. The molecule has 9 heteroatoms. The lowest BCUT2D eigenvalue weighted by Gasteiger charge is -2.08. The van der Waals surface area contributed by atoms with Gasteiger partial charge < -0.3 is 15.9 Å². The minimum absolute atomic E-state index is 0.0337. The van der Waals surface area contributed by atoms with E-state index in [-0.39, 0.29) is 22.4 Å². The van der Waals surface area contributed by atoms with Gasteiger partial charge in [-0.05, 0) is 6.07 Å². The van der Waals surface area contributed by atoms with Gasteiger partial charge in [-0.15, -0.1) is 0 Å². The molecule has 1 aromatic heterocycles. The molecule has 2 aromatic rings. The van der Waals surface area contributed by atoms with Gasteiger partial charge in [-0.1, -0.05) is 0 Å². The van der Waals surface area contributed by atoms with Crippen molar-refractivity contribution in [2.75, 3.05) is 5.73 Å². The number of hydrogen-bond donors (Lipinski definition) is 6. The minimum atomic E-state index is -0.811. The van der Waals surface area contributed by atoms with Crippen molar-refractivity contribution in [3.63, 3.8) is 0 Å². The number of benzene rings is 1. The zero-order chi connectivity index (χ0) is 14.2. The van der Waals surface area contributed by atoms with Crippen molar-refractivity contribution in [3.05, 3.63) is 22.0 Å². The number of amides is 1. The second-order valence-corrected chi connectivity index (χ2v) is 3.79. The summed E-state index contributed by atoms with van der Waals surface area (Å²) in [6.45, 7) is 0. The van der Waals surface area contributed by atoms with E-state index in [4.69, 9.17) is 10.9 Å². The SMILES string of the molecule is Nc1nc2c(O)cc(CC(=O)NO)c(O)c2c(=O)[nH]1. The van der Waals surface area contributed by atoms with Gasteiger partial charge in [0.2, 0.25) is 11.9 Å². The van der Waals surface area contributed by atoms with Crippen LogP contribution in [0, 0.1) is 0 Å². The molecule has 100 valence electrons. The first-order valence-corrected chi connectivity index (χ1v) is 5.10. The maximum absolute atomic E-state index is 11.7. The number of aromatic nitrogens is 2. The van der Waals surface area contributed by atoms with E-state index < -0.39 is 29.4 Å². The number of nitrogens with zero attached hydrogens (tertiary/aromatic N) is 1. The van der Waals surface area contributed by atoms with E-state index >= 15 is 0 Å². The number of fused-ring (bicyclic) bond motifs is 1. The van der Waals surface area contributed by atoms with Crippen LogP contribution in [-0.2, 0) is 11.2 Å². The van der Waals surface area contributed by atoms with E-state index in [0.29, 0.717) is 0 Å². The van der Waals surface area contributed by atoms with Gasteiger partial charge in [0.05, 0.1) is 6.42 Å². The van der Waals surface area contributed by atoms with Crippen molar-refractivity contribution < 1.29 is 20.2 Å². The molecule has 2 rings (SSSR count). The molecule has 1 amide bonds. The highest BCUT2D eigenvalue weighted by molar-refractivity contribution is 5.92. The van der Waals surface area contributed by atoms with Crippen LogP contribution in [0.25, 0.3) is 10.9 Å². The number of carbonyl (C=O) groups is 1. The van der Waals surface area contributed by atoms with Crippen molar-refractivity contribution in [2.45, 2.75) is 6.42 Å². The lowest BCUT2D eigenvalue weighted by molar-refractivity contribution is -0.128. The third-order valence-corrected chi connectivity index (χ3v) is 2.51. The van der Waals surface area contributed by atoms with E-state index in [1.54, 1.807) is 0 Å². The van der Waals surface area contributed by atoms with Crippen molar-refractivity contribution in [1.82, 2.24) is 15.4 Å². The summed E-state index contributed by atoms with van der Waals surface area (Å²) in [6, 6.07) is 1.07. The second kappa shape index (κ2) is 4.46. The summed E-state index contributed by atoms with van der Waals surface area (Å²) in [5.41, 5.74) is 5.75. The van der Waals surface area contributed by atoms with E-state index in [1.165, 1.54) is 5.48 Å². The summed E-state index contributed by atoms with van der Waals surface area (Å²) in [5.74, 6) is -1.95. The first-order chi connectivity index (χ1) is 8.93. The number of hydroxylamine groups is 1. The number of hydrogen-bond acceptors (Lipinski definition) is 7. The Kier molecular flexibility index (Phi) is 2.97. The molecule has 0 unspecified atom stereocenters. The number of H-pyrrole nitrogens is 1. The molecule has 0 saturated carbocycles. The van der Waals surface area contributed by atoms with Crippen LogP contribution in [-0.4, -0.2) is 31.3 Å². The Bertz CT molecular complexity index is 724. The number of nitrogens with two attached hydrogens (primary N) is 1. The topological polar surface area (TPSA) is 162 Å². The van der Waals surface area contributed by atoms with Crippen molar-refractivity contribution >= 4 is 22.8 Å². The molecule has 0 radical (unpaired) electrons. The van der Waals surface area contributed by atoms with Gasteiger partial charge in [-0.2, -0.15) is 0 Å². The third-order valence-electron chi connectivity index (χ3n) is 2.51. The van der Waals surface area contributed by atoms with Crippen LogP contribution in [0.5, 0.6) is 11.5 Å². The van der Waals surface area contributed by atoms with Crippen LogP contribution in [0.1, 0.15) is 5.56 Å². The molecule has 0 aliphatic heterocycles. The van der Waals surface area contributed by atoms with Crippen molar-refractivity contribution in [1.29, 1.82) is 0 Å². The summed E-state index contributed by atoms with van der Waals surface area (Å²) in [5, 5.41) is 27.8. The summed E-state index contributed by atoms with van der Waals surface area (Å²) in [7, 11) is 0. The molecular weight excluding hydrogens is 256 g/mol. The van der Waals surface area contributed by atoms with Gasteiger partial charge in [0.15, 0.2) is 0 Å². The Hall–Kier alpha value is -2.81. The Labute approximate surface area is 105 Å². The highest BCUT2D eigenvalue weighted by Crippen LogP contribution is 2.32. The van der Waals surface area contributed by atoms with Crippen LogP contribution in [0.3, 0.4) is 0 Å². The fraction of sp³-hybridized carbons (Fsp3) is 0.100. The molecule has 1 heterocycles. The highest BCUT2D eigenvalue weighted by atomic mass is 16.5. The van der Waals surface area contributed by atoms with E-state index in [0.717, 1.165) is 6.07 Å². The molecule has 0 spiro atoms. The smallest absolute Gasteiger partial charge is 0.264 e. The predicted molar refractivity (Wildman–Crippen MR) is 63.7 cm³/mol. The molecule has 7 N–H and O–H groups in total. The van der Waals surface area contributed by atoms with Crippen LogP contribution in [0.2, 0.25) is 0 Å². The van der Waals surface area contributed by atoms with E-state index in [1.807, 2.05) is 0 Å². The summed E-state index contributed by atoms with van der Waals surface area (Å²) >= 11 is 0.